The Labute approximate surface area is 117 Å². The van der Waals surface area contributed by atoms with Gasteiger partial charge in [-0.3, -0.25) is 10.1 Å². The highest BCUT2D eigenvalue weighted by Crippen LogP contribution is 2.27. The maximum absolute atomic E-state index is 12.2. The third kappa shape index (κ3) is 5.11. The van der Waals surface area contributed by atoms with Crippen LogP contribution in [-0.2, 0) is 9.53 Å². The Balaban J connectivity index is 2.58. The van der Waals surface area contributed by atoms with E-state index in [1.54, 1.807) is 0 Å². The minimum atomic E-state index is -0.622. The van der Waals surface area contributed by atoms with Gasteiger partial charge in [0.1, 0.15) is 5.54 Å². The van der Waals surface area contributed by atoms with E-state index in [9.17, 15) is 4.79 Å². The van der Waals surface area contributed by atoms with E-state index >= 15 is 0 Å². The highest BCUT2D eigenvalue weighted by molar-refractivity contribution is 5.80. The van der Waals surface area contributed by atoms with E-state index in [0.29, 0.717) is 13.2 Å². The Morgan fingerprint density at radius 2 is 2.11 bits per heavy atom. The Morgan fingerprint density at radius 3 is 2.53 bits per heavy atom. The summed E-state index contributed by atoms with van der Waals surface area (Å²) in [5.41, 5.74) is -0.622. The molecule has 1 rings (SSSR count). The van der Waals surface area contributed by atoms with Crippen molar-refractivity contribution in [2.45, 2.75) is 58.5 Å². The molecule has 1 aliphatic carbocycles. The van der Waals surface area contributed by atoms with Gasteiger partial charge in [0.05, 0.1) is 6.61 Å². The number of likely N-dealkylation sites (N-methyl/N-ethyl adjacent to an activating group) is 1. The molecule has 4 nitrogen and oxygen atoms in total. The number of rotatable bonds is 8. The van der Waals surface area contributed by atoms with E-state index < -0.39 is 5.54 Å². The van der Waals surface area contributed by atoms with Crippen molar-refractivity contribution in [3.05, 3.63) is 0 Å². The van der Waals surface area contributed by atoms with Crippen molar-refractivity contribution in [3.8, 4) is 0 Å². The summed E-state index contributed by atoms with van der Waals surface area (Å²) in [4.78, 5) is 14.5. The molecule has 19 heavy (non-hydrogen) atoms. The van der Waals surface area contributed by atoms with Crippen molar-refractivity contribution in [1.82, 2.24) is 10.2 Å². The van der Waals surface area contributed by atoms with Gasteiger partial charge in [-0.1, -0.05) is 6.42 Å². The lowest BCUT2D eigenvalue weighted by atomic mass is 9.85. The summed E-state index contributed by atoms with van der Waals surface area (Å²) in [5.74, 6) is 0.666. The first-order valence-electron chi connectivity index (χ1n) is 7.51. The molecule has 0 aliphatic heterocycles. The normalized spacial score (nSPS) is 19.3. The molecular formula is C15H30N2O2. The molecule has 1 aliphatic rings. The molecule has 0 saturated heterocycles. The predicted octanol–water partition coefficient (Wildman–Crippen LogP) is 2.04. The molecule has 0 amide bonds. The lowest BCUT2D eigenvalue weighted by molar-refractivity contribution is -0.151. The second-order valence-electron chi connectivity index (χ2n) is 6.35. The number of ether oxygens (including phenoxy) is 1. The molecule has 0 spiro atoms. The molecule has 1 N–H and O–H groups in total. The smallest absolute Gasteiger partial charge is 0.327 e. The zero-order valence-electron chi connectivity index (χ0n) is 13.2. The van der Waals surface area contributed by atoms with Gasteiger partial charge in [0, 0.05) is 19.1 Å². The van der Waals surface area contributed by atoms with Crippen LogP contribution in [0.3, 0.4) is 0 Å². The van der Waals surface area contributed by atoms with Crippen molar-refractivity contribution in [3.63, 3.8) is 0 Å². The topological polar surface area (TPSA) is 41.6 Å². The molecule has 112 valence electrons. The van der Waals surface area contributed by atoms with Crippen molar-refractivity contribution in [1.29, 1.82) is 0 Å². The summed E-state index contributed by atoms with van der Waals surface area (Å²) < 4.78 is 5.23. The summed E-state index contributed by atoms with van der Waals surface area (Å²) in [6.45, 7) is 10.1. The molecule has 1 saturated carbocycles. The van der Waals surface area contributed by atoms with Gasteiger partial charge in [0.2, 0.25) is 0 Å². The summed E-state index contributed by atoms with van der Waals surface area (Å²) in [6, 6.07) is 0.256. The van der Waals surface area contributed by atoms with E-state index in [-0.39, 0.29) is 12.0 Å². The molecule has 4 heteroatoms. The number of nitrogens with zero attached hydrogens (tertiary/aromatic N) is 1. The van der Waals surface area contributed by atoms with E-state index in [2.05, 4.69) is 31.1 Å². The third-order valence-corrected chi connectivity index (χ3v) is 3.71. The number of carbonyl (C=O) groups excluding carboxylic acids is 1. The summed E-state index contributed by atoms with van der Waals surface area (Å²) >= 11 is 0. The van der Waals surface area contributed by atoms with Crippen LogP contribution in [0, 0.1) is 5.92 Å². The zero-order valence-corrected chi connectivity index (χ0v) is 13.2. The molecule has 0 heterocycles. The summed E-state index contributed by atoms with van der Waals surface area (Å²) in [7, 11) is 2.10. The lowest BCUT2D eigenvalue weighted by Gasteiger charge is -2.37. The Morgan fingerprint density at radius 1 is 1.47 bits per heavy atom. The minimum Gasteiger partial charge on any atom is -0.465 e. The maximum Gasteiger partial charge on any atom is 0.327 e. The van der Waals surface area contributed by atoms with Crippen LogP contribution in [0.2, 0.25) is 0 Å². The van der Waals surface area contributed by atoms with Gasteiger partial charge in [0.15, 0.2) is 0 Å². The Kier molecular flexibility index (Phi) is 6.27. The fourth-order valence-electron chi connectivity index (χ4n) is 2.82. The molecule has 0 aromatic rings. The van der Waals surface area contributed by atoms with E-state index in [4.69, 9.17) is 4.74 Å². The largest absolute Gasteiger partial charge is 0.465 e. The van der Waals surface area contributed by atoms with Crippen molar-refractivity contribution in [2.75, 3.05) is 26.7 Å². The van der Waals surface area contributed by atoms with E-state index in [1.165, 1.54) is 19.3 Å². The molecule has 0 bridgehead atoms. The van der Waals surface area contributed by atoms with Crippen LogP contribution in [0.1, 0.15) is 47.0 Å². The number of nitrogens with one attached hydrogen (secondary N) is 1. The number of hydrogen-bond donors (Lipinski definition) is 1. The molecular weight excluding hydrogens is 240 g/mol. The van der Waals surface area contributed by atoms with Gasteiger partial charge in [0.25, 0.3) is 0 Å². The molecule has 1 atom stereocenters. The summed E-state index contributed by atoms with van der Waals surface area (Å²) in [6.07, 6.45) is 4.02. The molecule has 1 unspecified atom stereocenters. The second kappa shape index (κ2) is 7.25. The molecule has 0 aromatic carbocycles. The van der Waals surface area contributed by atoms with E-state index in [1.807, 2.05) is 13.8 Å². The fourth-order valence-corrected chi connectivity index (χ4v) is 2.82. The van der Waals surface area contributed by atoms with Crippen LogP contribution >= 0.6 is 0 Å². The first-order chi connectivity index (χ1) is 8.87. The first-order valence-corrected chi connectivity index (χ1v) is 7.51. The van der Waals surface area contributed by atoms with E-state index in [0.717, 1.165) is 12.5 Å². The van der Waals surface area contributed by atoms with Crippen molar-refractivity contribution >= 4 is 5.97 Å². The van der Waals surface area contributed by atoms with Crippen LogP contribution in [0.5, 0.6) is 0 Å². The monoisotopic (exact) mass is 270 g/mol. The average Bonchev–Trinajstić information content (AvgIpc) is 2.22. The molecule has 0 aromatic heterocycles. The van der Waals surface area contributed by atoms with Gasteiger partial charge in [-0.15, -0.1) is 0 Å². The summed E-state index contributed by atoms with van der Waals surface area (Å²) in [5, 5.41) is 3.36. The number of carbonyl (C=O) groups is 1. The minimum absolute atomic E-state index is 0.149. The second-order valence-corrected chi connectivity index (χ2v) is 6.35. The van der Waals surface area contributed by atoms with Gasteiger partial charge < -0.3 is 9.64 Å². The maximum atomic E-state index is 12.2. The van der Waals surface area contributed by atoms with Gasteiger partial charge in [-0.2, -0.15) is 0 Å². The lowest BCUT2D eigenvalue weighted by Crippen LogP contribution is -2.59. The third-order valence-electron chi connectivity index (χ3n) is 3.71. The van der Waals surface area contributed by atoms with Crippen molar-refractivity contribution < 1.29 is 9.53 Å². The van der Waals surface area contributed by atoms with Gasteiger partial charge >= 0.3 is 5.97 Å². The molecule has 1 fully saturated rings. The number of esters is 1. The zero-order chi connectivity index (χ0) is 14.5. The predicted molar refractivity (Wildman–Crippen MR) is 78.1 cm³/mol. The van der Waals surface area contributed by atoms with Crippen LogP contribution in [0.4, 0.5) is 0 Å². The van der Waals surface area contributed by atoms with Crippen molar-refractivity contribution in [2.24, 2.45) is 5.92 Å². The van der Waals surface area contributed by atoms with Gasteiger partial charge in [-0.05, 0) is 53.5 Å². The SMILES string of the molecule is CCOC(=O)C(C)(CN(C)CC1CCC1)NC(C)C. The highest BCUT2D eigenvalue weighted by Gasteiger charge is 2.36. The Hall–Kier alpha value is -0.610. The van der Waals surface area contributed by atoms with Crippen LogP contribution in [0.25, 0.3) is 0 Å². The number of hydrogen-bond acceptors (Lipinski definition) is 4. The van der Waals surface area contributed by atoms with Crippen LogP contribution in [0.15, 0.2) is 0 Å². The highest BCUT2D eigenvalue weighted by atomic mass is 16.5. The van der Waals surface area contributed by atoms with Crippen LogP contribution < -0.4 is 5.32 Å². The van der Waals surface area contributed by atoms with Gasteiger partial charge in [-0.25, -0.2) is 0 Å². The fraction of sp³-hybridized carbons (Fsp3) is 0.933. The molecule has 0 radical (unpaired) electrons. The van der Waals surface area contributed by atoms with Crippen LogP contribution in [-0.4, -0.2) is 49.2 Å². The Bertz CT molecular complexity index is 290. The first kappa shape index (κ1) is 16.4. The quantitative estimate of drug-likeness (QED) is 0.685. The standard InChI is InChI=1S/C15H30N2O2/c1-6-19-14(18)15(4,16-12(2)3)11-17(5)10-13-8-7-9-13/h12-13,16H,6-11H2,1-5H3. The average molecular weight is 270 g/mol.